The van der Waals surface area contributed by atoms with Gasteiger partial charge in [-0.2, -0.15) is 0 Å². The van der Waals surface area contributed by atoms with E-state index < -0.39 is 11.6 Å². The zero-order valence-electron chi connectivity index (χ0n) is 10.4. The first-order valence-electron chi connectivity index (χ1n) is 6.44. The first kappa shape index (κ1) is 13.5. The molecule has 0 aliphatic heterocycles. The summed E-state index contributed by atoms with van der Waals surface area (Å²) < 4.78 is 0. The molecule has 0 aromatic heterocycles. The second kappa shape index (κ2) is 5.67. The fourth-order valence-electron chi connectivity index (χ4n) is 2.81. The number of carbonyl (C=O) groups is 1. The Hall–Kier alpha value is -0.570. The fraction of sp³-hybridized carbons (Fsp3) is 0.923. The number of hydrogen-bond donors (Lipinski definition) is 2. The van der Waals surface area contributed by atoms with Gasteiger partial charge in [0.05, 0.1) is 0 Å². The Kier molecular flexibility index (Phi) is 4.78. The van der Waals surface area contributed by atoms with Gasteiger partial charge in [0, 0.05) is 0 Å². The maximum absolute atomic E-state index is 11.0. The highest BCUT2D eigenvalue weighted by Gasteiger charge is 2.39. The molecule has 0 radical (unpaired) electrons. The van der Waals surface area contributed by atoms with E-state index in [-0.39, 0.29) is 5.92 Å². The smallest absolute Gasteiger partial charge is 0.335 e. The molecule has 0 aromatic rings. The molecule has 3 nitrogen and oxygen atoms in total. The van der Waals surface area contributed by atoms with Crippen LogP contribution >= 0.6 is 0 Å². The number of carboxylic acids is 1. The molecular formula is C13H24O3. The zero-order valence-corrected chi connectivity index (χ0v) is 10.4. The number of aliphatic hydroxyl groups is 1. The lowest BCUT2D eigenvalue weighted by Crippen LogP contribution is -2.42. The lowest BCUT2D eigenvalue weighted by atomic mass is 9.83. The third kappa shape index (κ3) is 3.21. The van der Waals surface area contributed by atoms with Crippen LogP contribution in [0.4, 0.5) is 0 Å². The Labute approximate surface area is 97.9 Å². The molecule has 3 atom stereocenters. The lowest BCUT2D eigenvalue weighted by Gasteiger charge is -2.28. The van der Waals surface area contributed by atoms with Crippen molar-refractivity contribution in [3.63, 3.8) is 0 Å². The molecular weight excluding hydrogens is 204 g/mol. The molecule has 2 N–H and O–H groups in total. The third-order valence-electron chi connectivity index (χ3n) is 4.01. The number of aliphatic carboxylic acids is 1. The highest BCUT2D eigenvalue weighted by molar-refractivity contribution is 5.76. The monoisotopic (exact) mass is 228 g/mol. The van der Waals surface area contributed by atoms with Gasteiger partial charge in [0.25, 0.3) is 0 Å². The molecule has 16 heavy (non-hydrogen) atoms. The molecule has 94 valence electrons. The Morgan fingerprint density at radius 3 is 2.56 bits per heavy atom. The summed E-state index contributed by atoms with van der Waals surface area (Å²) in [6.07, 6.45) is 7.46. The van der Waals surface area contributed by atoms with Crippen LogP contribution < -0.4 is 0 Å². The van der Waals surface area contributed by atoms with Crippen molar-refractivity contribution in [3.05, 3.63) is 0 Å². The van der Waals surface area contributed by atoms with Crippen molar-refractivity contribution < 1.29 is 15.0 Å². The van der Waals surface area contributed by atoms with E-state index in [1.807, 2.05) is 0 Å². The van der Waals surface area contributed by atoms with Crippen LogP contribution in [-0.4, -0.2) is 21.8 Å². The van der Waals surface area contributed by atoms with Crippen molar-refractivity contribution in [3.8, 4) is 0 Å². The van der Waals surface area contributed by atoms with Gasteiger partial charge in [0.2, 0.25) is 0 Å². The van der Waals surface area contributed by atoms with E-state index >= 15 is 0 Å². The van der Waals surface area contributed by atoms with Crippen LogP contribution in [0.25, 0.3) is 0 Å². The fourth-order valence-corrected chi connectivity index (χ4v) is 2.81. The summed E-state index contributed by atoms with van der Waals surface area (Å²) in [5.74, 6) is -0.419. The molecule has 0 heterocycles. The Bertz CT molecular complexity index is 235. The van der Waals surface area contributed by atoms with Gasteiger partial charge in [0.15, 0.2) is 5.60 Å². The topological polar surface area (TPSA) is 57.5 Å². The second-order valence-corrected chi connectivity index (χ2v) is 5.31. The van der Waals surface area contributed by atoms with Gasteiger partial charge in [-0.05, 0) is 31.6 Å². The van der Waals surface area contributed by atoms with Gasteiger partial charge >= 0.3 is 5.97 Å². The summed E-state index contributed by atoms with van der Waals surface area (Å²) in [6, 6.07) is 0. The van der Waals surface area contributed by atoms with Crippen molar-refractivity contribution >= 4 is 5.97 Å². The minimum atomic E-state index is -1.54. The van der Waals surface area contributed by atoms with E-state index in [0.717, 1.165) is 31.6 Å². The van der Waals surface area contributed by atoms with Crippen molar-refractivity contribution in [1.82, 2.24) is 0 Å². The molecule has 1 rings (SSSR count). The summed E-state index contributed by atoms with van der Waals surface area (Å²) in [4.78, 5) is 11.0. The predicted octanol–water partition coefficient (Wildman–Crippen LogP) is 2.82. The van der Waals surface area contributed by atoms with Gasteiger partial charge < -0.3 is 10.2 Å². The van der Waals surface area contributed by atoms with E-state index in [1.54, 1.807) is 0 Å². The van der Waals surface area contributed by atoms with E-state index in [9.17, 15) is 9.90 Å². The van der Waals surface area contributed by atoms with Gasteiger partial charge in [-0.1, -0.05) is 39.0 Å². The highest BCUT2D eigenvalue weighted by atomic mass is 16.4. The third-order valence-corrected chi connectivity index (χ3v) is 4.01. The lowest BCUT2D eigenvalue weighted by molar-refractivity contribution is -0.163. The van der Waals surface area contributed by atoms with E-state index in [0.29, 0.717) is 0 Å². The SMILES string of the molecule is CCCC1CCCC(C(C)(O)C(=O)O)CC1. The normalized spacial score (nSPS) is 30.4. The van der Waals surface area contributed by atoms with Gasteiger partial charge in [0.1, 0.15) is 0 Å². The molecule has 3 unspecified atom stereocenters. The highest BCUT2D eigenvalue weighted by Crippen LogP contribution is 2.35. The number of hydrogen-bond acceptors (Lipinski definition) is 2. The van der Waals surface area contributed by atoms with Crippen molar-refractivity contribution in [1.29, 1.82) is 0 Å². The zero-order chi connectivity index (χ0) is 12.2. The molecule has 1 aliphatic carbocycles. The molecule has 0 amide bonds. The molecule has 0 aromatic carbocycles. The molecule has 1 saturated carbocycles. The summed E-state index contributed by atoms with van der Waals surface area (Å²) >= 11 is 0. The van der Waals surface area contributed by atoms with Crippen LogP contribution in [0.5, 0.6) is 0 Å². The average molecular weight is 228 g/mol. The largest absolute Gasteiger partial charge is 0.479 e. The van der Waals surface area contributed by atoms with Crippen LogP contribution in [0.15, 0.2) is 0 Å². The quantitative estimate of drug-likeness (QED) is 0.727. The van der Waals surface area contributed by atoms with E-state index in [1.165, 1.54) is 26.2 Å². The minimum absolute atomic E-state index is 0.0770. The molecule has 1 fully saturated rings. The molecule has 0 bridgehead atoms. The molecule has 0 spiro atoms. The Balaban J connectivity index is 2.56. The van der Waals surface area contributed by atoms with Crippen molar-refractivity contribution in [2.75, 3.05) is 0 Å². The second-order valence-electron chi connectivity index (χ2n) is 5.31. The maximum Gasteiger partial charge on any atom is 0.335 e. The molecule has 0 saturated heterocycles. The van der Waals surface area contributed by atoms with Crippen LogP contribution in [0, 0.1) is 11.8 Å². The Morgan fingerprint density at radius 2 is 2.00 bits per heavy atom. The van der Waals surface area contributed by atoms with Crippen LogP contribution in [0.1, 0.15) is 58.8 Å². The Morgan fingerprint density at radius 1 is 1.31 bits per heavy atom. The standard InChI is InChI=1S/C13H24O3/c1-3-5-10-6-4-7-11(9-8-10)13(2,16)12(14)15/h10-11,16H,3-9H2,1-2H3,(H,14,15). The van der Waals surface area contributed by atoms with Crippen LogP contribution in [-0.2, 0) is 4.79 Å². The van der Waals surface area contributed by atoms with E-state index in [2.05, 4.69) is 6.92 Å². The van der Waals surface area contributed by atoms with Gasteiger partial charge in [-0.3, -0.25) is 0 Å². The first-order chi connectivity index (χ1) is 7.48. The summed E-state index contributed by atoms with van der Waals surface area (Å²) in [5, 5.41) is 19.0. The summed E-state index contributed by atoms with van der Waals surface area (Å²) in [5.41, 5.74) is -1.54. The van der Waals surface area contributed by atoms with Gasteiger partial charge in [-0.15, -0.1) is 0 Å². The minimum Gasteiger partial charge on any atom is -0.479 e. The molecule has 1 aliphatic rings. The molecule has 3 heteroatoms. The van der Waals surface area contributed by atoms with Crippen molar-refractivity contribution in [2.24, 2.45) is 11.8 Å². The van der Waals surface area contributed by atoms with Gasteiger partial charge in [-0.25, -0.2) is 4.79 Å². The maximum atomic E-state index is 11.0. The summed E-state index contributed by atoms with van der Waals surface area (Å²) in [7, 11) is 0. The summed E-state index contributed by atoms with van der Waals surface area (Å²) in [6.45, 7) is 3.63. The average Bonchev–Trinajstić information content (AvgIpc) is 2.44. The number of rotatable bonds is 4. The number of carboxylic acid groups (broad SMARTS) is 1. The van der Waals surface area contributed by atoms with E-state index in [4.69, 9.17) is 5.11 Å². The predicted molar refractivity (Wildman–Crippen MR) is 63.2 cm³/mol. The van der Waals surface area contributed by atoms with Crippen LogP contribution in [0.3, 0.4) is 0 Å². The first-order valence-corrected chi connectivity index (χ1v) is 6.44. The van der Waals surface area contributed by atoms with Crippen molar-refractivity contribution in [2.45, 2.75) is 64.4 Å². The van der Waals surface area contributed by atoms with Crippen LogP contribution in [0.2, 0.25) is 0 Å².